The summed E-state index contributed by atoms with van der Waals surface area (Å²) in [4.78, 5) is 4.31. The Hall–Kier alpha value is -1.25. The molecule has 0 aliphatic carbocycles. The van der Waals surface area contributed by atoms with Crippen LogP contribution in [0.2, 0.25) is 0 Å². The summed E-state index contributed by atoms with van der Waals surface area (Å²) in [5.74, 6) is 0.948. The Morgan fingerprint density at radius 3 is 3.06 bits per heavy atom. The molecule has 0 saturated carbocycles. The lowest BCUT2D eigenvalue weighted by molar-refractivity contribution is 0.481. The van der Waals surface area contributed by atoms with Gasteiger partial charge in [-0.25, -0.2) is 4.98 Å². The van der Waals surface area contributed by atoms with E-state index in [4.69, 9.17) is 0 Å². The van der Waals surface area contributed by atoms with Crippen LogP contribution in [0.15, 0.2) is 25.0 Å². The number of hydrogen-bond donors (Lipinski definition) is 1. The molecule has 1 aromatic heterocycles. The topological polar surface area (TPSA) is 29.9 Å². The molecule has 1 rings (SSSR count). The standard InChI is InChI=1S/C13H23N3/c1-4-6-7-8-12(3)16-11-10-15-13(16)14-9-5-2/h5,10-12H,2,4,6-9H2,1,3H3,(H,14,15). The molecule has 0 fully saturated rings. The minimum Gasteiger partial charge on any atom is -0.352 e. The summed E-state index contributed by atoms with van der Waals surface area (Å²) in [6, 6.07) is 0.515. The van der Waals surface area contributed by atoms with Crippen LogP contribution >= 0.6 is 0 Å². The van der Waals surface area contributed by atoms with Crippen LogP contribution in [-0.2, 0) is 0 Å². The lowest BCUT2D eigenvalue weighted by Crippen LogP contribution is -2.10. The minimum atomic E-state index is 0.515. The molecule has 0 bridgehead atoms. The molecule has 1 N–H and O–H groups in total. The average Bonchev–Trinajstić information content (AvgIpc) is 2.74. The first-order valence-corrected chi connectivity index (χ1v) is 6.17. The van der Waals surface area contributed by atoms with Gasteiger partial charge in [0, 0.05) is 25.0 Å². The van der Waals surface area contributed by atoms with Crippen LogP contribution < -0.4 is 5.32 Å². The minimum absolute atomic E-state index is 0.515. The van der Waals surface area contributed by atoms with Crippen molar-refractivity contribution in [3.63, 3.8) is 0 Å². The molecule has 0 aliphatic rings. The van der Waals surface area contributed by atoms with Gasteiger partial charge in [0.1, 0.15) is 0 Å². The second-order valence-electron chi connectivity index (χ2n) is 4.17. The second-order valence-corrected chi connectivity index (χ2v) is 4.17. The van der Waals surface area contributed by atoms with E-state index in [0.717, 1.165) is 12.5 Å². The molecule has 0 amide bonds. The molecule has 16 heavy (non-hydrogen) atoms. The molecule has 0 radical (unpaired) electrons. The fourth-order valence-electron chi connectivity index (χ4n) is 1.80. The number of hydrogen-bond acceptors (Lipinski definition) is 2. The highest BCUT2D eigenvalue weighted by Crippen LogP contribution is 2.19. The predicted molar refractivity (Wildman–Crippen MR) is 69.8 cm³/mol. The lowest BCUT2D eigenvalue weighted by atomic mass is 10.1. The number of rotatable bonds is 8. The molecular weight excluding hydrogens is 198 g/mol. The molecule has 3 nitrogen and oxygen atoms in total. The van der Waals surface area contributed by atoms with Gasteiger partial charge < -0.3 is 9.88 Å². The first kappa shape index (κ1) is 12.8. The summed E-state index contributed by atoms with van der Waals surface area (Å²) in [6.45, 7) is 8.94. The van der Waals surface area contributed by atoms with Gasteiger partial charge in [0.15, 0.2) is 0 Å². The van der Waals surface area contributed by atoms with Crippen molar-refractivity contribution in [1.82, 2.24) is 9.55 Å². The molecule has 90 valence electrons. The van der Waals surface area contributed by atoms with Gasteiger partial charge in [-0.05, 0) is 13.3 Å². The van der Waals surface area contributed by atoms with Crippen molar-refractivity contribution in [1.29, 1.82) is 0 Å². The fraction of sp³-hybridized carbons (Fsp3) is 0.615. The molecule has 1 atom stereocenters. The van der Waals surface area contributed by atoms with Crippen molar-refractivity contribution in [2.75, 3.05) is 11.9 Å². The third-order valence-corrected chi connectivity index (χ3v) is 2.77. The smallest absolute Gasteiger partial charge is 0.203 e. The van der Waals surface area contributed by atoms with E-state index in [1.807, 2.05) is 18.5 Å². The monoisotopic (exact) mass is 221 g/mol. The second kappa shape index (κ2) is 7.09. The third kappa shape index (κ3) is 3.72. The normalized spacial score (nSPS) is 12.4. The number of nitrogens with one attached hydrogen (secondary N) is 1. The molecule has 1 heterocycles. The zero-order valence-corrected chi connectivity index (χ0v) is 10.4. The van der Waals surface area contributed by atoms with Gasteiger partial charge >= 0.3 is 0 Å². The number of anilines is 1. The van der Waals surface area contributed by atoms with E-state index in [9.17, 15) is 0 Å². The van der Waals surface area contributed by atoms with Crippen LogP contribution in [0.3, 0.4) is 0 Å². The Morgan fingerprint density at radius 2 is 2.38 bits per heavy atom. The number of nitrogens with zero attached hydrogens (tertiary/aromatic N) is 2. The summed E-state index contributed by atoms with van der Waals surface area (Å²) in [7, 11) is 0. The Kier molecular flexibility index (Phi) is 5.68. The Labute approximate surface area is 98.6 Å². The largest absolute Gasteiger partial charge is 0.352 e. The Balaban J connectivity index is 2.49. The Bertz CT molecular complexity index is 304. The van der Waals surface area contributed by atoms with Crippen molar-refractivity contribution in [3.05, 3.63) is 25.0 Å². The molecule has 0 aliphatic heterocycles. The van der Waals surface area contributed by atoms with Crippen molar-refractivity contribution < 1.29 is 0 Å². The quantitative estimate of drug-likeness (QED) is 0.536. The van der Waals surface area contributed by atoms with E-state index >= 15 is 0 Å². The zero-order valence-electron chi connectivity index (χ0n) is 10.4. The van der Waals surface area contributed by atoms with Crippen LogP contribution in [-0.4, -0.2) is 16.1 Å². The third-order valence-electron chi connectivity index (χ3n) is 2.77. The average molecular weight is 221 g/mol. The first-order valence-electron chi connectivity index (χ1n) is 6.17. The molecular formula is C13H23N3. The van der Waals surface area contributed by atoms with Gasteiger partial charge in [0.2, 0.25) is 5.95 Å². The van der Waals surface area contributed by atoms with E-state index in [1.165, 1.54) is 25.7 Å². The highest BCUT2D eigenvalue weighted by atomic mass is 15.2. The van der Waals surface area contributed by atoms with Crippen LogP contribution in [0.1, 0.15) is 45.6 Å². The highest BCUT2D eigenvalue weighted by molar-refractivity contribution is 5.27. The van der Waals surface area contributed by atoms with Crippen LogP contribution in [0.5, 0.6) is 0 Å². The summed E-state index contributed by atoms with van der Waals surface area (Å²) in [5.41, 5.74) is 0. The van der Waals surface area contributed by atoms with E-state index in [1.54, 1.807) is 0 Å². The van der Waals surface area contributed by atoms with Crippen molar-refractivity contribution in [2.45, 2.75) is 45.6 Å². The van der Waals surface area contributed by atoms with Crippen LogP contribution in [0.4, 0.5) is 5.95 Å². The fourth-order valence-corrected chi connectivity index (χ4v) is 1.80. The van der Waals surface area contributed by atoms with Gasteiger partial charge in [0.25, 0.3) is 0 Å². The molecule has 0 spiro atoms. The lowest BCUT2D eigenvalue weighted by Gasteiger charge is -2.16. The van der Waals surface area contributed by atoms with Gasteiger partial charge in [0.05, 0.1) is 0 Å². The molecule has 3 heteroatoms. The van der Waals surface area contributed by atoms with E-state index in [-0.39, 0.29) is 0 Å². The maximum absolute atomic E-state index is 4.31. The first-order chi connectivity index (χ1) is 7.79. The summed E-state index contributed by atoms with van der Waals surface area (Å²) in [5, 5.41) is 3.25. The number of aromatic nitrogens is 2. The summed E-state index contributed by atoms with van der Waals surface area (Å²) < 4.78 is 2.21. The van der Waals surface area contributed by atoms with E-state index in [2.05, 4.69) is 35.3 Å². The van der Waals surface area contributed by atoms with Crippen molar-refractivity contribution in [2.24, 2.45) is 0 Å². The predicted octanol–water partition coefficient (Wildman–Crippen LogP) is 3.62. The SMILES string of the molecule is C=CCNc1nccn1C(C)CCCCC. The van der Waals surface area contributed by atoms with Crippen LogP contribution in [0, 0.1) is 0 Å². The number of imidazole rings is 1. The Morgan fingerprint density at radius 1 is 1.56 bits per heavy atom. The molecule has 1 unspecified atom stereocenters. The summed E-state index contributed by atoms with van der Waals surface area (Å²) >= 11 is 0. The summed E-state index contributed by atoms with van der Waals surface area (Å²) in [6.07, 6.45) is 10.8. The zero-order chi connectivity index (χ0) is 11.8. The van der Waals surface area contributed by atoms with Crippen LogP contribution in [0.25, 0.3) is 0 Å². The number of unbranched alkanes of at least 4 members (excludes halogenated alkanes) is 2. The van der Waals surface area contributed by atoms with Gasteiger partial charge in [-0.3, -0.25) is 0 Å². The highest BCUT2D eigenvalue weighted by Gasteiger charge is 2.08. The van der Waals surface area contributed by atoms with E-state index in [0.29, 0.717) is 6.04 Å². The maximum Gasteiger partial charge on any atom is 0.203 e. The van der Waals surface area contributed by atoms with Gasteiger partial charge in [-0.2, -0.15) is 0 Å². The van der Waals surface area contributed by atoms with Crippen molar-refractivity contribution >= 4 is 5.95 Å². The van der Waals surface area contributed by atoms with Gasteiger partial charge in [-0.1, -0.05) is 32.3 Å². The van der Waals surface area contributed by atoms with Gasteiger partial charge in [-0.15, -0.1) is 6.58 Å². The van der Waals surface area contributed by atoms with Crippen molar-refractivity contribution in [3.8, 4) is 0 Å². The molecule has 0 aromatic carbocycles. The molecule has 1 aromatic rings. The molecule has 0 saturated heterocycles. The maximum atomic E-state index is 4.31. The van der Waals surface area contributed by atoms with E-state index < -0.39 is 0 Å².